The number of amides is 1. The number of anilines is 1. The summed E-state index contributed by atoms with van der Waals surface area (Å²) in [5.41, 5.74) is 0.640. The highest BCUT2D eigenvalue weighted by atomic mass is 35.5. The first kappa shape index (κ1) is 23.0. The predicted molar refractivity (Wildman–Crippen MR) is 118 cm³/mol. The molecule has 164 valence electrons. The zero-order valence-corrected chi connectivity index (χ0v) is 18.9. The first-order valence-corrected chi connectivity index (χ1v) is 11.7. The molecule has 1 saturated heterocycles. The Bertz CT molecular complexity index is 1230. The number of carbonyl (C=O) groups excluding carboxylic acids is 1. The number of rotatable bonds is 5. The number of pyridine rings is 1. The first-order valence-electron chi connectivity index (χ1n) is 9.86. The summed E-state index contributed by atoms with van der Waals surface area (Å²) < 4.78 is 28.5. The molecule has 10 heteroatoms. The van der Waals surface area contributed by atoms with Gasteiger partial charge in [-0.1, -0.05) is 18.0 Å². The molecule has 0 unspecified atom stereocenters. The third-order valence-corrected chi connectivity index (χ3v) is 7.51. The molecule has 2 heterocycles. The lowest BCUT2D eigenvalue weighted by atomic mass is 10.1. The van der Waals surface area contributed by atoms with Gasteiger partial charge in [-0.25, -0.2) is 8.42 Å². The molecule has 1 aromatic carbocycles. The van der Waals surface area contributed by atoms with Crippen molar-refractivity contribution >= 4 is 33.2 Å². The monoisotopic (exact) mass is 462 g/mol. The van der Waals surface area contributed by atoms with E-state index in [-0.39, 0.29) is 27.7 Å². The highest BCUT2D eigenvalue weighted by Crippen LogP contribution is 2.28. The Morgan fingerprint density at radius 2 is 1.87 bits per heavy atom. The van der Waals surface area contributed by atoms with Crippen molar-refractivity contribution < 1.29 is 13.2 Å². The molecule has 1 aliphatic heterocycles. The summed E-state index contributed by atoms with van der Waals surface area (Å²) in [7, 11) is -3.69. The lowest BCUT2D eigenvalue weighted by Gasteiger charge is -2.26. The van der Waals surface area contributed by atoms with Gasteiger partial charge < -0.3 is 9.88 Å². The van der Waals surface area contributed by atoms with E-state index in [9.17, 15) is 23.3 Å². The normalized spacial score (nSPS) is 14.8. The van der Waals surface area contributed by atoms with Gasteiger partial charge in [-0.05, 0) is 56.5 Å². The van der Waals surface area contributed by atoms with Crippen LogP contribution in [0.25, 0.3) is 0 Å². The van der Waals surface area contributed by atoms with Crippen molar-refractivity contribution in [2.24, 2.45) is 0 Å². The van der Waals surface area contributed by atoms with Crippen LogP contribution in [0.5, 0.6) is 0 Å². The third-order valence-electron chi connectivity index (χ3n) is 5.28. The molecule has 1 amide bonds. The summed E-state index contributed by atoms with van der Waals surface area (Å²) in [4.78, 5) is 25.2. The smallest absolute Gasteiger partial charge is 0.269 e. The van der Waals surface area contributed by atoms with Crippen LogP contribution < -0.4 is 10.9 Å². The van der Waals surface area contributed by atoms with Crippen LogP contribution in [0.1, 0.15) is 36.1 Å². The molecule has 0 saturated carbocycles. The lowest BCUT2D eigenvalue weighted by molar-refractivity contribution is -0.116. The van der Waals surface area contributed by atoms with Crippen molar-refractivity contribution in [3.63, 3.8) is 0 Å². The number of aryl methyl sites for hydroxylation is 2. The van der Waals surface area contributed by atoms with Crippen molar-refractivity contribution in [3.05, 3.63) is 56.5 Å². The highest BCUT2D eigenvalue weighted by Gasteiger charge is 2.26. The van der Waals surface area contributed by atoms with Crippen molar-refractivity contribution in [2.45, 2.75) is 44.6 Å². The molecule has 0 bridgehead atoms. The van der Waals surface area contributed by atoms with Crippen LogP contribution in [-0.2, 0) is 21.4 Å². The second kappa shape index (κ2) is 9.22. The zero-order valence-electron chi connectivity index (χ0n) is 17.3. The average Bonchev–Trinajstić information content (AvgIpc) is 2.73. The Morgan fingerprint density at radius 1 is 1.19 bits per heavy atom. The van der Waals surface area contributed by atoms with Crippen molar-refractivity contribution in [1.82, 2.24) is 8.87 Å². The molecular weight excluding hydrogens is 440 g/mol. The van der Waals surface area contributed by atoms with Gasteiger partial charge in [-0.3, -0.25) is 9.59 Å². The Balaban J connectivity index is 1.85. The van der Waals surface area contributed by atoms with Gasteiger partial charge in [0, 0.05) is 18.8 Å². The van der Waals surface area contributed by atoms with E-state index >= 15 is 0 Å². The maximum absolute atomic E-state index is 12.9. The van der Waals surface area contributed by atoms with E-state index in [1.54, 1.807) is 19.9 Å². The van der Waals surface area contributed by atoms with Gasteiger partial charge in [-0.2, -0.15) is 9.57 Å². The number of nitrogens with zero attached hydrogens (tertiary/aromatic N) is 3. The minimum Gasteiger partial charge on any atom is -0.323 e. The van der Waals surface area contributed by atoms with Gasteiger partial charge >= 0.3 is 0 Å². The number of benzene rings is 1. The average molecular weight is 463 g/mol. The fourth-order valence-electron chi connectivity index (χ4n) is 3.61. The molecule has 0 aliphatic carbocycles. The molecule has 1 aliphatic rings. The van der Waals surface area contributed by atoms with Gasteiger partial charge in [-0.15, -0.1) is 0 Å². The number of hydrogen-bond acceptors (Lipinski definition) is 5. The van der Waals surface area contributed by atoms with E-state index in [1.165, 1.54) is 27.1 Å². The van der Waals surface area contributed by atoms with Crippen molar-refractivity contribution in [3.8, 4) is 6.07 Å². The van der Waals surface area contributed by atoms with Crippen molar-refractivity contribution in [2.75, 3.05) is 18.4 Å². The maximum Gasteiger partial charge on any atom is 0.269 e. The standard InChI is InChI=1S/C21H23ClN4O4S/c1-14-10-15(2)26(21(28)17(14)12-23)13-20(27)24-19-11-16(6-7-18(19)22)31(29,30)25-8-4-3-5-9-25/h6-7,10-11H,3-5,8-9,13H2,1-2H3,(H,24,27). The van der Waals surface area contributed by atoms with Crippen LogP contribution in [0.15, 0.2) is 34.0 Å². The summed E-state index contributed by atoms with van der Waals surface area (Å²) in [6.45, 7) is 3.92. The van der Waals surface area contributed by atoms with Crippen LogP contribution in [0.2, 0.25) is 5.02 Å². The van der Waals surface area contributed by atoms with E-state index in [0.717, 1.165) is 19.3 Å². The van der Waals surface area contributed by atoms with Gasteiger partial charge in [0.05, 0.1) is 15.6 Å². The summed E-state index contributed by atoms with van der Waals surface area (Å²) in [6, 6.07) is 7.68. The van der Waals surface area contributed by atoms with Crippen LogP contribution in [0.4, 0.5) is 5.69 Å². The number of carbonyl (C=O) groups is 1. The largest absolute Gasteiger partial charge is 0.323 e. The van der Waals surface area contributed by atoms with Crippen LogP contribution >= 0.6 is 11.6 Å². The Morgan fingerprint density at radius 3 is 2.52 bits per heavy atom. The Labute approximate surface area is 186 Å². The second-order valence-electron chi connectivity index (χ2n) is 7.50. The fraction of sp³-hybridized carbons (Fsp3) is 0.381. The molecule has 8 nitrogen and oxygen atoms in total. The molecule has 31 heavy (non-hydrogen) atoms. The summed E-state index contributed by atoms with van der Waals surface area (Å²) in [5, 5.41) is 12.0. The van der Waals surface area contributed by atoms with E-state index in [0.29, 0.717) is 24.3 Å². The number of aromatic nitrogens is 1. The summed E-state index contributed by atoms with van der Waals surface area (Å²) in [5.74, 6) is -0.563. The first-order chi connectivity index (χ1) is 14.6. The minimum atomic E-state index is -3.69. The number of nitriles is 1. The maximum atomic E-state index is 12.9. The van der Waals surface area contributed by atoms with Gasteiger partial charge in [0.1, 0.15) is 18.2 Å². The molecule has 3 rings (SSSR count). The van der Waals surface area contributed by atoms with Crippen LogP contribution in [0.3, 0.4) is 0 Å². The van der Waals surface area contributed by atoms with E-state index < -0.39 is 21.5 Å². The van der Waals surface area contributed by atoms with Gasteiger partial charge in [0.15, 0.2) is 0 Å². The number of halogens is 1. The lowest BCUT2D eigenvalue weighted by Crippen LogP contribution is -2.35. The third kappa shape index (κ3) is 4.82. The molecule has 0 atom stereocenters. The number of hydrogen-bond donors (Lipinski definition) is 1. The zero-order chi connectivity index (χ0) is 22.8. The Hall–Kier alpha value is -2.67. The molecule has 1 fully saturated rings. The quantitative estimate of drug-likeness (QED) is 0.734. The summed E-state index contributed by atoms with van der Waals surface area (Å²) >= 11 is 6.18. The van der Waals surface area contributed by atoms with Crippen LogP contribution in [-0.4, -0.2) is 36.3 Å². The van der Waals surface area contributed by atoms with Gasteiger partial charge in [0.2, 0.25) is 15.9 Å². The molecule has 1 N–H and O–H groups in total. The van der Waals surface area contributed by atoms with Gasteiger partial charge in [0.25, 0.3) is 5.56 Å². The SMILES string of the molecule is Cc1cc(C)n(CC(=O)Nc2cc(S(=O)(=O)N3CCCCC3)ccc2Cl)c(=O)c1C#N. The number of piperidine rings is 1. The van der Waals surface area contributed by atoms with E-state index in [1.807, 2.05) is 6.07 Å². The van der Waals surface area contributed by atoms with E-state index in [2.05, 4.69) is 5.32 Å². The fourth-order valence-corrected chi connectivity index (χ4v) is 5.32. The number of nitrogens with one attached hydrogen (secondary N) is 1. The predicted octanol–water partition coefficient (Wildman–Crippen LogP) is 2.80. The molecule has 2 aromatic rings. The van der Waals surface area contributed by atoms with Crippen LogP contribution in [0, 0.1) is 25.2 Å². The number of sulfonamides is 1. The molecule has 0 spiro atoms. The van der Waals surface area contributed by atoms with E-state index in [4.69, 9.17) is 11.6 Å². The van der Waals surface area contributed by atoms with Crippen molar-refractivity contribution in [1.29, 1.82) is 5.26 Å². The topological polar surface area (TPSA) is 112 Å². The highest BCUT2D eigenvalue weighted by molar-refractivity contribution is 7.89. The Kier molecular flexibility index (Phi) is 6.84. The second-order valence-corrected chi connectivity index (χ2v) is 9.85. The minimum absolute atomic E-state index is 0.0222. The molecule has 1 aromatic heterocycles. The summed E-state index contributed by atoms with van der Waals surface area (Å²) in [6.07, 6.45) is 2.62. The molecule has 0 radical (unpaired) electrons. The molecular formula is C21H23ClN4O4S.